The lowest BCUT2D eigenvalue weighted by Crippen LogP contribution is -2.09. The van der Waals surface area contributed by atoms with Gasteiger partial charge in [0.2, 0.25) is 5.91 Å². The molecule has 6 heteroatoms. The Morgan fingerprint density at radius 2 is 1.78 bits per heavy atom. The third-order valence-corrected chi connectivity index (χ3v) is 3.51. The molecule has 3 rings (SSSR count). The van der Waals surface area contributed by atoms with Crippen molar-refractivity contribution < 1.29 is 9.59 Å². The van der Waals surface area contributed by atoms with Gasteiger partial charge in [0.05, 0.1) is 5.56 Å². The van der Waals surface area contributed by atoms with Gasteiger partial charge in [-0.15, -0.1) is 0 Å². The smallest absolute Gasteiger partial charge is 0.222 e. The zero-order valence-corrected chi connectivity index (χ0v) is 13.1. The van der Waals surface area contributed by atoms with Crippen LogP contribution in [0.3, 0.4) is 0 Å². The van der Waals surface area contributed by atoms with E-state index in [0.717, 1.165) is 5.56 Å². The largest absolute Gasteiger partial charge is 0.354 e. The molecule has 0 saturated carbocycles. The zero-order valence-electron chi connectivity index (χ0n) is 13.1. The second kappa shape index (κ2) is 5.64. The van der Waals surface area contributed by atoms with Gasteiger partial charge >= 0.3 is 0 Å². The van der Waals surface area contributed by atoms with Crippen molar-refractivity contribution in [3.63, 3.8) is 0 Å². The Morgan fingerprint density at radius 1 is 1.09 bits per heavy atom. The minimum Gasteiger partial charge on any atom is -0.354 e. The zero-order chi connectivity index (χ0) is 16.6. The molecule has 0 bridgehead atoms. The monoisotopic (exact) mass is 308 g/mol. The lowest BCUT2D eigenvalue weighted by molar-refractivity contribution is -0.114. The first-order valence-electron chi connectivity index (χ1n) is 7.21. The quantitative estimate of drug-likeness (QED) is 0.728. The van der Waals surface area contributed by atoms with Gasteiger partial charge < -0.3 is 10.3 Å². The molecular formula is C17H16N4O2. The second-order valence-corrected chi connectivity index (χ2v) is 5.35. The van der Waals surface area contributed by atoms with Crippen LogP contribution in [-0.4, -0.2) is 26.6 Å². The fraction of sp³-hybridized carbons (Fsp3) is 0.176. The van der Waals surface area contributed by atoms with Crippen molar-refractivity contribution >= 4 is 28.5 Å². The highest BCUT2D eigenvalue weighted by molar-refractivity contribution is 6.10. The summed E-state index contributed by atoms with van der Waals surface area (Å²) in [6.45, 7) is 4.72. The predicted octanol–water partition coefficient (Wildman–Crippen LogP) is 3.09. The van der Waals surface area contributed by atoms with E-state index < -0.39 is 0 Å². The van der Waals surface area contributed by atoms with Crippen molar-refractivity contribution in [1.29, 1.82) is 0 Å². The van der Waals surface area contributed by atoms with E-state index in [0.29, 0.717) is 33.9 Å². The third-order valence-electron chi connectivity index (χ3n) is 3.51. The standard InChI is InChI=1S/C17H16N4O2/c1-9-13(10(2)22)14-15(18-9)17(19-11(3)23)21-16(20-14)12-7-5-4-6-8-12/h4-8,18H,1-3H3,(H,19,20,21,23). The summed E-state index contributed by atoms with van der Waals surface area (Å²) in [7, 11) is 0. The number of Topliss-reactive ketones (excluding diaryl/α,β-unsaturated/α-hetero) is 1. The number of aromatic nitrogens is 3. The molecule has 0 unspecified atom stereocenters. The highest BCUT2D eigenvalue weighted by Crippen LogP contribution is 2.28. The number of anilines is 1. The molecule has 23 heavy (non-hydrogen) atoms. The number of aromatic amines is 1. The van der Waals surface area contributed by atoms with Crippen LogP contribution >= 0.6 is 0 Å². The van der Waals surface area contributed by atoms with Crippen molar-refractivity contribution in [1.82, 2.24) is 15.0 Å². The fourth-order valence-electron chi connectivity index (χ4n) is 2.59. The van der Waals surface area contributed by atoms with Crippen LogP contribution in [0.15, 0.2) is 30.3 Å². The van der Waals surface area contributed by atoms with Crippen molar-refractivity contribution in [3.8, 4) is 11.4 Å². The number of rotatable bonds is 3. The molecule has 0 saturated heterocycles. The number of ketones is 1. The minimum absolute atomic E-state index is 0.0831. The van der Waals surface area contributed by atoms with Gasteiger partial charge in [-0.1, -0.05) is 30.3 Å². The highest BCUT2D eigenvalue weighted by atomic mass is 16.1. The number of aryl methyl sites for hydroxylation is 1. The van der Waals surface area contributed by atoms with Gasteiger partial charge in [-0.05, 0) is 13.8 Å². The van der Waals surface area contributed by atoms with Gasteiger partial charge in [0.25, 0.3) is 0 Å². The van der Waals surface area contributed by atoms with Gasteiger partial charge in [-0.25, -0.2) is 9.97 Å². The summed E-state index contributed by atoms with van der Waals surface area (Å²) in [5.41, 5.74) is 3.12. The number of nitrogens with zero attached hydrogens (tertiary/aromatic N) is 2. The molecule has 1 aromatic carbocycles. The van der Waals surface area contributed by atoms with Crippen LogP contribution in [0, 0.1) is 6.92 Å². The molecule has 0 radical (unpaired) electrons. The molecule has 0 fully saturated rings. The van der Waals surface area contributed by atoms with E-state index in [4.69, 9.17) is 0 Å². The van der Waals surface area contributed by atoms with Crippen LogP contribution in [-0.2, 0) is 4.79 Å². The number of hydrogen-bond donors (Lipinski definition) is 2. The molecule has 3 aromatic rings. The van der Waals surface area contributed by atoms with Crippen molar-refractivity contribution in [3.05, 3.63) is 41.6 Å². The van der Waals surface area contributed by atoms with E-state index in [2.05, 4.69) is 20.3 Å². The predicted molar refractivity (Wildman–Crippen MR) is 88.4 cm³/mol. The van der Waals surface area contributed by atoms with Gasteiger partial charge in [-0.2, -0.15) is 0 Å². The van der Waals surface area contributed by atoms with Crippen LogP contribution in [0.5, 0.6) is 0 Å². The summed E-state index contributed by atoms with van der Waals surface area (Å²) in [5, 5.41) is 2.70. The summed E-state index contributed by atoms with van der Waals surface area (Å²) < 4.78 is 0. The molecule has 2 N–H and O–H groups in total. The molecular weight excluding hydrogens is 292 g/mol. The average Bonchev–Trinajstić information content (AvgIpc) is 2.84. The van der Waals surface area contributed by atoms with Gasteiger partial charge in [0.15, 0.2) is 17.4 Å². The molecule has 0 spiro atoms. The van der Waals surface area contributed by atoms with E-state index in [1.54, 1.807) is 6.92 Å². The average molecular weight is 308 g/mol. The number of nitrogens with one attached hydrogen (secondary N) is 2. The Bertz CT molecular complexity index is 913. The normalized spacial score (nSPS) is 10.7. The maximum Gasteiger partial charge on any atom is 0.222 e. The van der Waals surface area contributed by atoms with E-state index in [1.165, 1.54) is 13.8 Å². The van der Waals surface area contributed by atoms with Crippen LogP contribution in [0.1, 0.15) is 29.9 Å². The molecule has 116 valence electrons. The summed E-state index contributed by atoms with van der Waals surface area (Å²) in [6, 6.07) is 9.43. The molecule has 6 nitrogen and oxygen atoms in total. The van der Waals surface area contributed by atoms with Crippen LogP contribution in [0.2, 0.25) is 0 Å². The molecule has 0 atom stereocenters. The molecule has 1 amide bonds. The Balaban J connectivity index is 2.33. The Kier molecular flexibility index (Phi) is 3.65. The van der Waals surface area contributed by atoms with Crippen molar-refractivity contribution in [2.75, 3.05) is 5.32 Å². The Labute approximate surface area is 133 Å². The summed E-state index contributed by atoms with van der Waals surface area (Å²) in [4.78, 5) is 35.5. The van der Waals surface area contributed by atoms with Crippen LogP contribution in [0.25, 0.3) is 22.4 Å². The lowest BCUT2D eigenvalue weighted by Gasteiger charge is -2.07. The maximum absolute atomic E-state index is 12.0. The van der Waals surface area contributed by atoms with Crippen LogP contribution in [0.4, 0.5) is 5.82 Å². The summed E-state index contributed by atoms with van der Waals surface area (Å²) in [6.07, 6.45) is 0. The summed E-state index contributed by atoms with van der Waals surface area (Å²) >= 11 is 0. The maximum atomic E-state index is 12.0. The van der Waals surface area contributed by atoms with Gasteiger partial charge in [-0.3, -0.25) is 9.59 Å². The molecule has 2 heterocycles. The fourth-order valence-corrected chi connectivity index (χ4v) is 2.59. The first kappa shape index (κ1) is 14.9. The van der Waals surface area contributed by atoms with Gasteiger partial charge in [0.1, 0.15) is 11.0 Å². The molecule has 0 aliphatic rings. The third kappa shape index (κ3) is 2.70. The topological polar surface area (TPSA) is 87.7 Å². The van der Waals surface area contributed by atoms with E-state index >= 15 is 0 Å². The van der Waals surface area contributed by atoms with E-state index in [1.807, 2.05) is 30.3 Å². The lowest BCUT2D eigenvalue weighted by atomic mass is 10.1. The number of H-pyrrole nitrogens is 1. The number of benzene rings is 1. The van der Waals surface area contributed by atoms with Crippen molar-refractivity contribution in [2.45, 2.75) is 20.8 Å². The second-order valence-electron chi connectivity index (χ2n) is 5.35. The first-order valence-corrected chi connectivity index (χ1v) is 7.21. The SMILES string of the molecule is CC(=O)Nc1nc(-c2ccccc2)nc2c(C(C)=O)c(C)[nH]c12. The number of carbonyl (C=O) groups excluding carboxylic acids is 2. The highest BCUT2D eigenvalue weighted by Gasteiger charge is 2.19. The summed E-state index contributed by atoms with van der Waals surface area (Å²) in [5.74, 6) is 0.515. The van der Waals surface area contributed by atoms with Gasteiger partial charge in [0, 0.05) is 18.2 Å². The minimum atomic E-state index is -0.236. The molecule has 2 aromatic heterocycles. The number of fused-ring (bicyclic) bond motifs is 1. The number of carbonyl (C=O) groups is 2. The number of amides is 1. The van der Waals surface area contributed by atoms with E-state index in [-0.39, 0.29) is 11.7 Å². The van der Waals surface area contributed by atoms with Crippen molar-refractivity contribution in [2.24, 2.45) is 0 Å². The number of hydrogen-bond acceptors (Lipinski definition) is 4. The molecule has 0 aliphatic carbocycles. The van der Waals surface area contributed by atoms with E-state index in [9.17, 15) is 9.59 Å². The Morgan fingerprint density at radius 3 is 2.39 bits per heavy atom. The molecule has 0 aliphatic heterocycles. The first-order chi connectivity index (χ1) is 11.0. The Hall–Kier alpha value is -3.02. The van der Waals surface area contributed by atoms with Crippen LogP contribution < -0.4 is 5.32 Å².